The molecule has 0 heterocycles. The summed E-state index contributed by atoms with van der Waals surface area (Å²) in [5.41, 5.74) is 16.8. The lowest BCUT2D eigenvalue weighted by Gasteiger charge is -2.21. The molecule has 0 atom stereocenters. The molecule has 46 heavy (non-hydrogen) atoms. The summed E-state index contributed by atoms with van der Waals surface area (Å²) in [5.74, 6) is 0. The Morgan fingerprint density at radius 3 is 1.65 bits per heavy atom. The molecule has 2 aromatic carbocycles. The van der Waals surface area contributed by atoms with Gasteiger partial charge in [-0.3, -0.25) is 4.39 Å². The minimum absolute atomic E-state index is 0.156. The summed E-state index contributed by atoms with van der Waals surface area (Å²) in [6, 6.07) is 15.3. The Bertz CT molecular complexity index is 1040. The zero-order chi connectivity index (χ0) is 36.0. The lowest BCUT2D eigenvalue weighted by Crippen LogP contribution is -2.02. The number of benzene rings is 2. The van der Waals surface area contributed by atoms with Crippen molar-refractivity contribution in [3.63, 3.8) is 0 Å². The van der Waals surface area contributed by atoms with Gasteiger partial charge in [0.1, 0.15) is 0 Å². The fraction of sp³-hybridized carbons (Fsp3) is 0.591. The molecule has 0 unspecified atom stereocenters. The third-order valence-electron chi connectivity index (χ3n) is 6.32. The maximum Gasteiger partial charge on any atom is 0.0894 e. The van der Waals surface area contributed by atoms with Crippen molar-refractivity contribution in [2.45, 2.75) is 161 Å². The molecule has 0 saturated heterocycles. The number of aryl methyl sites for hydroxylation is 2. The van der Waals surface area contributed by atoms with Gasteiger partial charge in [0.2, 0.25) is 0 Å². The molecule has 2 rings (SSSR count). The molecule has 2 heteroatoms. The zero-order valence-corrected chi connectivity index (χ0v) is 32.8. The van der Waals surface area contributed by atoms with Crippen LogP contribution in [0.2, 0.25) is 0 Å². The summed E-state index contributed by atoms with van der Waals surface area (Å²) in [6.45, 7) is 31.9. The highest BCUT2D eigenvalue weighted by molar-refractivity contribution is 5.86. The second-order valence-corrected chi connectivity index (χ2v) is 13.6. The molecule has 0 fully saturated rings. The topological polar surface area (TPSA) is 26.0 Å². The van der Waals surface area contributed by atoms with E-state index in [1.165, 1.54) is 58.2 Å². The number of alkyl halides is 1. The van der Waals surface area contributed by atoms with Crippen molar-refractivity contribution in [1.29, 1.82) is 0 Å². The average molecular weight is 638 g/mol. The highest BCUT2D eigenvalue weighted by atomic mass is 19.1. The quantitative estimate of drug-likeness (QED) is 0.101. The third kappa shape index (κ3) is 26.6. The Morgan fingerprint density at radius 2 is 1.28 bits per heavy atom. The lowest BCUT2D eigenvalue weighted by atomic mass is 9.83. The highest BCUT2D eigenvalue weighted by Gasteiger charge is 2.17. The molecule has 0 bridgehead atoms. The second kappa shape index (κ2) is 31.0. The van der Waals surface area contributed by atoms with Gasteiger partial charge >= 0.3 is 0 Å². The Morgan fingerprint density at radius 1 is 0.761 bits per heavy atom. The van der Waals surface area contributed by atoms with Crippen LogP contribution in [0.4, 0.5) is 10.1 Å². The van der Waals surface area contributed by atoms with E-state index in [0.717, 1.165) is 57.1 Å². The first-order chi connectivity index (χ1) is 21.8. The van der Waals surface area contributed by atoms with Crippen molar-refractivity contribution in [3.8, 4) is 0 Å². The van der Waals surface area contributed by atoms with Crippen LogP contribution in [0, 0.1) is 19.3 Å². The molecule has 0 spiro atoms. The number of unbranched alkanes of at least 4 members (excludes halogenated alkanes) is 3. The largest absolute Gasteiger partial charge is 0.399 e. The van der Waals surface area contributed by atoms with Gasteiger partial charge in [-0.05, 0) is 96.9 Å². The molecule has 0 amide bonds. The van der Waals surface area contributed by atoms with E-state index in [1.807, 2.05) is 19.1 Å². The Hall–Kier alpha value is -2.61. The van der Waals surface area contributed by atoms with Gasteiger partial charge in [-0.25, -0.2) is 0 Å². The number of rotatable bonds is 13. The van der Waals surface area contributed by atoms with Crippen molar-refractivity contribution >= 4 is 11.3 Å². The molecular weight excluding hydrogens is 561 g/mol. The average Bonchev–Trinajstić information content (AvgIpc) is 2.99. The number of hydrogen-bond donors (Lipinski definition) is 1. The number of halogens is 1. The molecular formula is C44H76FN. The van der Waals surface area contributed by atoms with Gasteiger partial charge in [0.15, 0.2) is 0 Å². The fourth-order valence-electron chi connectivity index (χ4n) is 4.03. The second-order valence-electron chi connectivity index (χ2n) is 13.6. The molecule has 1 nitrogen and oxygen atoms in total. The van der Waals surface area contributed by atoms with Crippen LogP contribution in [0.1, 0.15) is 169 Å². The summed E-state index contributed by atoms with van der Waals surface area (Å²) in [6.07, 6.45) is 16.6. The van der Waals surface area contributed by atoms with E-state index in [-0.39, 0.29) is 6.67 Å². The molecule has 2 N–H and O–H groups in total. The zero-order valence-electron chi connectivity index (χ0n) is 32.8. The number of allylic oxidation sites excluding steroid dienone is 4. The SMILES string of the molecule is C=CCC/C=C(CCC)/C(CCC)=C(\c1ccc(C)cc1)c1ccc(N)cc1C.CC(C)(C)C.CCC.CCCC.CCCCF. The van der Waals surface area contributed by atoms with Gasteiger partial charge in [-0.15, -0.1) is 6.58 Å². The van der Waals surface area contributed by atoms with Gasteiger partial charge in [-0.1, -0.05) is 163 Å². The maximum absolute atomic E-state index is 11.0. The molecule has 0 radical (unpaired) electrons. The van der Waals surface area contributed by atoms with Crippen molar-refractivity contribution < 1.29 is 4.39 Å². The van der Waals surface area contributed by atoms with Crippen molar-refractivity contribution in [3.05, 3.63) is 94.6 Å². The van der Waals surface area contributed by atoms with Crippen LogP contribution >= 0.6 is 0 Å². The number of nitrogens with two attached hydrogens (primary N) is 1. The number of hydrogen-bond acceptors (Lipinski definition) is 1. The smallest absolute Gasteiger partial charge is 0.0894 e. The summed E-state index contributed by atoms with van der Waals surface area (Å²) in [7, 11) is 0. The lowest BCUT2D eigenvalue weighted by molar-refractivity contribution is 0.469. The van der Waals surface area contributed by atoms with Crippen LogP contribution in [0.5, 0.6) is 0 Å². The van der Waals surface area contributed by atoms with Crippen LogP contribution < -0.4 is 5.73 Å². The van der Waals surface area contributed by atoms with E-state index < -0.39 is 0 Å². The van der Waals surface area contributed by atoms with Gasteiger partial charge < -0.3 is 5.73 Å². The predicted molar refractivity (Wildman–Crippen MR) is 213 cm³/mol. The summed E-state index contributed by atoms with van der Waals surface area (Å²) in [5, 5.41) is 0. The molecule has 2 aromatic rings. The van der Waals surface area contributed by atoms with Gasteiger partial charge in [-0.2, -0.15) is 0 Å². The standard InChI is InChI=1S/C28H37N.C5H12.C4H9F.C4H10.C3H8/c1-6-9-10-13-23(11-7-2)27(12-8-3)28(24-16-14-21(4)15-17-24)26-19-18-25(29)20-22(26)5;1-5(2,3)4;1-2-3-4-5;1-3-4-2;1-3-2/h6,13-20H,1,7-12,29H2,2-5H3;1-4H3;2-4H2,1H3;3-4H2,1-2H3;3H2,1-2H3/b23-13+,28-27+;;;;. The number of anilines is 1. The van der Waals surface area contributed by atoms with Crippen LogP contribution in [-0.2, 0) is 0 Å². The first kappa shape index (κ1) is 47.8. The maximum atomic E-state index is 11.0. The first-order valence-corrected chi connectivity index (χ1v) is 18.3. The van der Waals surface area contributed by atoms with Crippen molar-refractivity contribution in [2.24, 2.45) is 5.41 Å². The van der Waals surface area contributed by atoms with Crippen molar-refractivity contribution in [1.82, 2.24) is 0 Å². The van der Waals surface area contributed by atoms with Crippen LogP contribution in [0.3, 0.4) is 0 Å². The van der Waals surface area contributed by atoms with Crippen LogP contribution in [0.25, 0.3) is 5.57 Å². The Labute approximate surface area is 288 Å². The van der Waals surface area contributed by atoms with E-state index in [1.54, 1.807) is 0 Å². The Balaban J connectivity index is -0.000000893. The third-order valence-corrected chi connectivity index (χ3v) is 6.32. The summed E-state index contributed by atoms with van der Waals surface area (Å²) < 4.78 is 11.0. The van der Waals surface area contributed by atoms with Crippen LogP contribution in [-0.4, -0.2) is 6.67 Å². The Kier molecular flexibility index (Phi) is 32.2. The van der Waals surface area contributed by atoms with Crippen molar-refractivity contribution in [2.75, 3.05) is 12.4 Å². The van der Waals surface area contributed by atoms with E-state index >= 15 is 0 Å². The molecule has 0 aliphatic rings. The van der Waals surface area contributed by atoms with Crippen LogP contribution in [0.15, 0.2) is 72.3 Å². The molecule has 264 valence electrons. The van der Waals surface area contributed by atoms with Gasteiger partial charge in [0.25, 0.3) is 0 Å². The van der Waals surface area contributed by atoms with E-state index in [2.05, 4.69) is 132 Å². The first-order valence-electron chi connectivity index (χ1n) is 18.3. The minimum atomic E-state index is -0.156. The number of nitrogen functional groups attached to an aromatic ring is 1. The fourth-order valence-corrected chi connectivity index (χ4v) is 4.03. The molecule has 0 aliphatic carbocycles. The molecule has 0 aliphatic heterocycles. The predicted octanol–water partition coefficient (Wildman–Crippen LogP) is 15.2. The van der Waals surface area contributed by atoms with E-state index in [9.17, 15) is 4.39 Å². The van der Waals surface area contributed by atoms with E-state index in [0.29, 0.717) is 5.41 Å². The molecule has 0 saturated carbocycles. The minimum Gasteiger partial charge on any atom is -0.399 e. The van der Waals surface area contributed by atoms with Gasteiger partial charge in [0.05, 0.1) is 6.67 Å². The van der Waals surface area contributed by atoms with Gasteiger partial charge in [0, 0.05) is 5.69 Å². The molecule has 0 aromatic heterocycles. The highest BCUT2D eigenvalue weighted by Crippen LogP contribution is 2.37. The summed E-state index contributed by atoms with van der Waals surface area (Å²) >= 11 is 0. The van der Waals surface area contributed by atoms with E-state index in [4.69, 9.17) is 5.73 Å². The monoisotopic (exact) mass is 638 g/mol. The normalized spacial score (nSPS) is 11.2. The summed E-state index contributed by atoms with van der Waals surface area (Å²) in [4.78, 5) is 0.